The zero-order valence-corrected chi connectivity index (χ0v) is 18.7. The van der Waals surface area contributed by atoms with Gasteiger partial charge in [-0.3, -0.25) is 15.2 Å². The lowest BCUT2D eigenvalue weighted by Crippen LogP contribution is -2.29. The van der Waals surface area contributed by atoms with Gasteiger partial charge in [0.25, 0.3) is 0 Å². The smallest absolute Gasteiger partial charge is 0.328 e. The molecule has 2 N–H and O–H groups in total. The molecule has 0 radical (unpaired) electrons. The highest BCUT2D eigenvalue weighted by Gasteiger charge is 2.40. The van der Waals surface area contributed by atoms with Crippen LogP contribution in [0.15, 0.2) is 82.5 Å². The molecule has 2 heterocycles. The van der Waals surface area contributed by atoms with Crippen molar-refractivity contribution < 1.29 is 4.79 Å². The van der Waals surface area contributed by atoms with Crippen LogP contribution >= 0.6 is 15.9 Å². The number of halogens is 1. The van der Waals surface area contributed by atoms with Crippen LogP contribution in [0.1, 0.15) is 35.2 Å². The Morgan fingerprint density at radius 1 is 1.06 bits per heavy atom. The summed E-state index contributed by atoms with van der Waals surface area (Å²) < 4.78 is 0.992. The van der Waals surface area contributed by atoms with Gasteiger partial charge in [-0.25, -0.2) is 9.78 Å². The summed E-state index contributed by atoms with van der Waals surface area (Å²) in [5.74, 6) is 0.682. The number of amidine groups is 1. The maximum Gasteiger partial charge on any atom is 0.328 e. The molecular weight excluding hydrogens is 466 g/mol. The number of aromatic amines is 1. The molecule has 4 aromatic rings. The van der Waals surface area contributed by atoms with Gasteiger partial charge in [0.15, 0.2) is 0 Å². The van der Waals surface area contributed by atoms with Gasteiger partial charge in [-0.1, -0.05) is 52.3 Å². The van der Waals surface area contributed by atoms with Gasteiger partial charge in [0.05, 0.1) is 23.4 Å². The van der Waals surface area contributed by atoms with E-state index in [0.717, 1.165) is 39.6 Å². The minimum Gasteiger partial charge on any atom is -0.345 e. The normalized spacial score (nSPS) is 21.3. The quantitative estimate of drug-likeness (QED) is 0.391. The SMILES string of the molecule is O=C1N/C(=N/C2CCc3ccccc32)C(c2ccc(Br)cc2)N1c1ccc2[nH]cnc2c1. The van der Waals surface area contributed by atoms with Crippen molar-refractivity contribution in [3.63, 3.8) is 0 Å². The topological polar surface area (TPSA) is 73.4 Å². The van der Waals surface area contributed by atoms with Gasteiger partial charge in [-0.2, -0.15) is 0 Å². The minimum absolute atomic E-state index is 0.0493. The van der Waals surface area contributed by atoms with Crippen molar-refractivity contribution in [3.05, 3.63) is 94.2 Å². The zero-order valence-electron chi connectivity index (χ0n) is 17.1. The van der Waals surface area contributed by atoms with Crippen LogP contribution in [0.25, 0.3) is 11.0 Å². The van der Waals surface area contributed by atoms with Crippen molar-refractivity contribution in [1.82, 2.24) is 15.3 Å². The molecule has 7 heteroatoms. The largest absolute Gasteiger partial charge is 0.345 e. The molecule has 158 valence electrons. The molecule has 3 aromatic carbocycles. The average molecular weight is 486 g/mol. The number of imidazole rings is 1. The lowest BCUT2D eigenvalue weighted by atomic mass is 10.0. The van der Waals surface area contributed by atoms with Gasteiger partial charge >= 0.3 is 6.03 Å². The summed E-state index contributed by atoms with van der Waals surface area (Å²) >= 11 is 3.51. The van der Waals surface area contributed by atoms with Crippen LogP contribution in [0.3, 0.4) is 0 Å². The van der Waals surface area contributed by atoms with Gasteiger partial charge in [0.1, 0.15) is 11.9 Å². The number of fused-ring (bicyclic) bond motifs is 2. The molecule has 0 saturated carbocycles. The van der Waals surface area contributed by atoms with Crippen molar-refractivity contribution in [2.24, 2.45) is 4.99 Å². The Hall–Kier alpha value is -3.45. The number of aryl methyl sites for hydroxylation is 1. The summed E-state index contributed by atoms with van der Waals surface area (Å²) in [5.41, 5.74) is 6.13. The molecule has 1 saturated heterocycles. The second-order valence-corrected chi connectivity index (χ2v) is 9.04. The number of amides is 2. The third kappa shape index (κ3) is 3.20. The highest BCUT2D eigenvalue weighted by molar-refractivity contribution is 9.10. The van der Waals surface area contributed by atoms with Crippen LogP contribution in [-0.4, -0.2) is 21.8 Å². The fourth-order valence-electron chi connectivity index (χ4n) is 4.71. The molecule has 0 spiro atoms. The highest BCUT2D eigenvalue weighted by atomic mass is 79.9. The van der Waals surface area contributed by atoms with E-state index in [1.165, 1.54) is 11.1 Å². The van der Waals surface area contributed by atoms with Crippen molar-refractivity contribution >= 4 is 44.5 Å². The number of H-pyrrole nitrogens is 1. The standard InChI is InChI=1S/C25H20BrN5O/c26-17-8-5-16(6-9-17)23-24(29-20-11-7-15-3-1-2-4-19(15)20)30-25(32)31(23)18-10-12-21-22(13-18)28-14-27-21/h1-6,8-10,12-14,20,23H,7,11H2,(H,27,28)(H,29,30,32). The average Bonchev–Trinajstić information content (AvgIpc) is 3.51. The maximum atomic E-state index is 13.2. The molecule has 2 atom stereocenters. The number of hydrogen-bond acceptors (Lipinski definition) is 3. The van der Waals surface area contributed by atoms with E-state index in [-0.39, 0.29) is 18.1 Å². The second kappa shape index (κ2) is 7.60. The Bertz CT molecular complexity index is 1360. The molecule has 2 aliphatic rings. The summed E-state index contributed by atoms with van der Waals surface area (Å²) in [7, 11) is 0. The summed E-state index contributed by atoms with van der Waals surface area (Å²) in [4.78, 5) is 27.6. The molecule has 6 rings (SSSR count). The number of rotatable bonds is 3. The third-order valence-electron chi connectivity index (χ3n) is 6.24. The molecular formula is C25H20BrN5O. The van der Waals surface area contributed by atoms with Crippen LogP contribution < -0.4 is 10.2 Å². The van der Waals surface area contributed by atoms with Gasteiger partial charge in [-0.05, 0) is 59.9 Å². The van der Waals surface area contributed by atoms with Crippen LogP contribution in [0.5, 0.6) is 0 Å². The Balaban J connectivity index is 1.46. The predicted molar refractivity (Wildman–Crippen MR) is 129 cm³/mol. The maximum absolute atomic E-state index is 13.2. The molecule has 1 aliphatic heterocycles. The molecule has 32 heavy (non-hydrogen) atoms. The Labute approximate surface area is 193 Å². The summed E-state index contributed by atoms with van der Waals surface area (Å²) in [6, 6.07) is 21.9. The molecule has 0 bridgehead atoms. The van der Waals surface area contributed by atoms with E-state index in [1.54, 1.807) is 11.2 Å². The molecule has 2 amide bonds. The molecule has 1 aromatic heterocycles. The molecule has 1 fully saturated rings. The van der Waals surface area contributed by atoms with Crippen molar-refractivity contribution in [3.8, 4) is 0 Å². The number of anilines is 1. The van der Waals surface area contributed by atoms with E-state index < -0.39 is 0 Å². The molecule has 1 aliphatic carbocycles. The predicted octanol–water partition coefficient (Wildman–Crippen LogP) is 5.68. The van der Waals surface area contributed by atoms with Gasteiger partial charge < -0.3 is 4.98 Å². The fraction of sp³-hybridized carbons (Fsp3) is 0.160. The van der Waals surface area contributed by atoms with Gasteiger partial charge in [0.2, 0.25) is 0 Å². The van der Waals surface area contributed by atoms with Crippen LogP contribution in [-0.2, 0) is 6.42 Å². The number of nitrogens with one attached hydrogen (secondary N) is 2. The van der Waals surface area contributed by atoms with E-state index in [4.69, 9.17) is 4.99 Å². The minimum atomic E-state index is -0.334. The zero-order chi connectivity index (χ0) is 21.7. The first-order valence-electron chi connectivity index (χ1n) is 10.6. The lowest BCUT2D eigenvalue weighted by molar-refractivity contribution is 0.252. The number of carbonyl (C=O) groups is 1. The van der Waals surface area contributed by atoms with Crippen molar-refractivity contribution in [1.29, 1.82) is 0 Å². The molecule has 2 unspecified atom stereocenters. The van der Waals surface area contributed by atoms with E-state index >= 15 is 0 Å². The lowest BCUT2D eigenvalue weighted by Gasteiger charge is -2.24. The Morgan fingerprint density at radius 2 is 1.91 bits per heavy atom. The van der Waals surface area contributed by atoms with E-state index in [2.05, 4.69) is 55.5 Å². The Kier molecular flexibility index (Phi) is 4.57. The van der Waals surface area contributed by atoms with Crippen LogP contribution in [0.2, 0.25) is 0 Å². The summed E-state index contributed by atoms with van der Waals surface area (Å²) in [5, 5.41) is 3.06. The monoisotopic (exact) mass is 485 g/mol. The number of carbonyl (C=O) groups excluding carboxylic acids is 1. The highest BCUT2D eigenvalue weighted by Crippen LogP contribution is 2.38. The third-order valence-corrected chi connectivity index (χ3v) is 6.76. The molecule has 6 nitrogen and oxygen atoms in total. The van der Waals surface area contributed by atoms with Crippen molar-refractivity contribution in [2.45, 2.75) is 24.9 Å². The summed E-state index contributed by atoms with van der Waals surface area (Å²) in [6.45, 7) is 0. The first kappa shape index (κ1) is 19.3. The second-order valence-electron chi connectivity index (χ2n) is 8.13. The van der Waals surface area contributed by atoms with E-state index in [9.17, 15) is 4.79 Å². The van der Waals surface area contributed by atoms with Gasteiger partial charge in [-0.15, -0.1) is 0 Å². The first-order chi connectivity index (χ1) is 15.7. The number of aliphatic imine (C=N–C) groups is 1. The van der Waals surface area contributed by atoms with Crippen molar-refractivity contribution in [2.75, 3.05) is 4.90 Å². The number of urea groups is 1. The fourth-order valence-corrected chi connectivity index (χ4v) is 4.97. The number of aromatic nitrogens is 2. The van der Waals surface area contributed by atoms with E-state index in [1.807, 2.05) is 42.5 Å². The van der Waals surface area contributed by atoms with E-state index in [0.29, 0.717) is 5.84 Å². The van der Waals surface area contributed by atoms with Crippen LogP contribution in [0.4, 0.5) is 10.5 Å². The van der Waals surface area contributed by atoms with Gasteiger partial charge in [0, 0.05) is 10.2 Å². The van der Waals surface area contributed by atoms with Crippen LogP contribution in [0, 0.1) is 0 Å². The number of hydrogen-bond donors (Lipinski definition) is 2. The summed E-state index contributed by atoms with van der Waals surface area (Å²) in [6.07, 6.45) is 3.62. The number of benzene rings is 3. The Morgan fingerprint density at radius 3 is 2.78 bits per heavy atom. The number of nitrogens with zero attached hydrogens (tertiary/aromatic N) is 3. The first-order valence-corrected chi connectivity index (χ1v) is 11.4.